The Morgan fingerprint density at radius 2 is 1.79 bits per heavy atom. The molecule has 0 aliphatic heterocycles. The van der Waals surface area contributed by atoms with E-state index in [1.54, 1.807) is 0 Å². The number of hydrogen-bond donors (Lipinski definition) is 0. The average molecular weight is 278 g/mol. The Kier molecular flexibility index (Phi) is 5.40. The van der Waals surface area contributed by atoms with E-state index in [1.165, 1.54) is 5.56 Å². The minimum absolute atomic E-state index is 0.436. The third-order valence-corrected chi connectivity index (χ3v) is 3.42. The molecule has 102 valence electrons. The van der Waals surface area contributed by atoms with Crippen LogP contribution in [0.1, 0.15) is 37.0 Å². The summed E-state index contributed by atoms with van der Waals surface area (Å²) < 4.78 is 2.16. The molecule has 2 aromatic rings. The lowest BCUT2D eigenvalue weighted by atomic mass is 10.1. The molecule has 0 aliphatic rings. The zero-order valence-corrected chi connectivity index (χ0v) is 12.1. The van der Waals surface area contributed by atoms with Crippen LogP contribution in [0.5, 0.6) is 0 Å². The van der Waals surface area contributed by atoms with Crippen molar-refractivity contribution in [2.24, 2.45) is 0 Å². The van der Waals surface area contributed by atoms with E-state index in [0.29, 0.717) is 5.88 Å². The van der Waals surface area contributed by atoms with Crippen molar-refractivity contribution in [2.75, 3.05) is 0 Å². The van der Waals surface area contributed by atoms with Gasteiger partial charge in [-0.2, -0.15) is 0 Å². The van der Waals surface area contributed by atoms with Crippen molar-refractivity contribution in [2.45, 2.75) is 45.0 Å². The van der Waals surface area contributed by atoms with E-state index in [9.17, 15) is 0 Å². The fourth-order valence-corrected chi connectivity index (χ4v) is 2.43. The highest BCUT2D eigenvalue weighted by Gasteiger charge is 2.09. The number of nitrogens with zero attached hydrogens (tertiary/aromatic N) is 3. The number of halogens is 1. The molecule has 0 radical (unpaired) electrons. The Labute approximate surface area is 119 Å². The van der Waals surface area contributed by atoms with Gasteiger partial charge < -0.3 is 4.57 Å². The summed E-state index contributed by atoms with van der Waals surface area (Å²) in [7, 11) is 0. The van der Waals surface area contributed by atoms with E-state index < -0.39 is 0 Å². The third kappa shape index (κ3) is 3.80. The number of benzene rings is 1. The van der Waals surface area contributed by atoms with Crippen LogP contribution >= 0.6 is 11.6 Å². The lowest BCUT2D eigenvalue weighted by molar-refractivity contribution is 0.607. The summed E-state index contributed by atoms with van der Waals surface area (Å²) in [6.07, 6.45) is 4.20. The first kappa shape index (κ1) is 14.1. The Balaban J connectivity index is 1.94. The molecular weight excluding hydrogens is 258 g/mol. The number of hydrogen-bond acceptors (Lipinski definition) is 2. The minimum atomic E-state index is 0.436. The van der Waals surface area contributed by atoms with E-state index in [0.717, 1.165) is 43.9 Å². The molecular formula is C15H20ClN3. The summed E-state index contributed by atoms with van der Waals surface area (Å²) in [5.41, 5.74) is 1.38. The molecule has 0 fully saturated rings. The molecule has 0 bridgehead atoms. The van der Waals surface area contributed by atoms with Crippen LogP contribution in [-0.4, -0.2) is 14.8 Å². The lowest BCUT2D eigenvalue weighted by Crippen LogP contribution is -2.07. The molecule has 19 heavy (non-hydrogen) atoms. The zero-order chi connectivity index (χ0) is 13.5. The van der Waals surface area contributed by atoms with Gasteiger partial charge in [-0.1, -0.05) is 37.3 Å². The molecule has 3 nitrogen and oxygen atoms in total. The first-order chi connectivity index (χ1) is 9.35. The van der Waals surface area contributed by atoms with Gasteiger partial charge in [0.2, 0.25) is 0 Å². The van der Waals surface area contributed by atoms with Crippen LogP contribution in [0.4, 0.5) is 0 Å². The molecule has 0 atom stereocenters. The van der Waals surface area contributed by atoms with Gasteiger partial charge in [0, 0.05) is 13.0 Å². The van der Waals surface area contributed by atoms with Crippen LogP contribution in [0.25, 0.3) is 0 Å². The summed E-state index contributed by atoms with van der Waals surface area (Å²) in [5.74, 6) is 2.39. The molecule has 0 spiro atoms. The molecule has 1 aromatic heterocycles. The van der Waals surface area contributed by atoms with Crippen molar-refractivity contribution in [1.29, 1.82) is 0 Å². The summed E-state index contributed by atoms with van der Waals surface area (Å²) >= 11 is 5.89. The van der Waals surface area contributed by atoms with Crippen molar-refractivity contribution in [3.8, 4) is 0 Å². The highest BCUT2D eigenvalue weighted by atomic mass is 35.5. The van der Waals surface area contributed by atoms with Crippen molar-refractivity contribution in [3.63, 3.8) is 0 Å². The molecule has 2 rings (SSSR count). The first-order valence-corrected chi connectivity index (χ1v) is 7.39. The number of aromatic nitrogens is 3. The Morgan fingerprint density at radius 1 is 1.05 bits per heavy atom. The number of aryl methyl sites for hydroxylation is 2. The van der Waals surface area contributed by atoms with Gasteiger partial charge in [0.25, 0.3) is 0 Å². The normalized spacial score (nSPS) is 10.8. The second kappa shape index (κ2) is 7.29. The van der Waals surface area contributed by atoms with Crippen LogP contribution in [-0.2, 0) is 25.3 Å². The monoisotopic (exact) mass is 277 g/mol. The summed E-state index contributed by atoms with van der Waals surface area (Å²) in [5, 5.41) is 8.43. The van der Waals surface area contributed by atoms with E-state index >= 15 is 0 Å². The predicted octanol–water partition coefficient (Wildman–Crippen LogP) is 3.60. The maximum atomic E-state index is 5.89. The fourth-order valence-electron chi connectivity index (χ4n) is 2.23. The lowest BCUT2D eigenvalue weighted by Gasteiger charge is -2.07. The van der Waals surface area contributed by atoms with E-state index in [4.69, 9.17) is 11.6 Å². The van der Waals surface area contributed by atoms with E-state index in [1.807, 2.05) is 6.07 Å². The van der Waals surface area contributed by atoms with E-state index in [-0.39, 0.29) is 0 Å². The molecule has 0 saturated heterocycles. The summed E-state index contributed by atoms with van der Waals surface area (Å²) in [6.45, 7) is 3.11. The van der Waals surface area contributed by atoms with Gasteiger partial charge in [-0.15, -0.1) is 21.8 Å². The molecule has 0 amide bonds. The molecule has 0 aliphatic carbocycles. The van der Waals surface area contributed by atoms with Gasteiger partial charge in [-0.3, -0.25) is 0 Å². The summed E-state index contributed by atoms with van der Waals surface area (Å²) in [6, 6.07) is 10.6. The highest BCUT2D eigenvalue weighted by molar-refractivity contribution is 6.16. The molecule has 0 unspecified atom stereocenters. The standard InChI is InChI=1S/C15H20ClN3/c1-2-11-19-14(17-18-15(19)12-16)10-6-9-13-7-4-3-5-8-13/h3-5,7-8H,2,6,9-12H2,1H3. The molecule has 1 aromatic carbocycles. The number of rotatable bonds is 7. The fraction of sp³-hybridized carbons (Fsp3) is 0.467. The Bertz CT molecular complexity index is 493. The van der Waals surface area contributed by atoms with Crippen molar-refractivity contribution in [3.05, 3.63) is 47.5 Å². The molecule has 1 heterocycles. The van der Waals surface area contributed by atoms with Crippen LogP contribution in [0.3, 0.4) is 0 Å². The molecule has 0 N–H and O–H groups in total. The third-order valence-electron chi connectivity index (χ3n) is 3.18. The smallest absolute Gasteiger partial charge is 0.147 e. The average Bonchev–Trinajstić information content (AvgIpc) is 2.83. The van der Waals surface area contributed by atoms with Gasteiger partial charge in [-0.25, -0.2) is 0 Å². The van der Waals surface area contributed by atoms with Gasteiger partial charge >= 0.3 is 0 Å². The maximum absolute atomic E-state index is 5.89. The van der Waals surface area contributed by atoms with Crippen molar-refractivity contribution < 1.29 is 0 Å². The van der Waals surface area contributed by atoms with Crippen LogP contribution in [0, 0.1) is 0 Å². The summed E-state index contributed by atoms with van der Waals surface area (Å²) in [4.78, 5) is 0. The van der Waals surface area contributed by atoms with Gasteiger partial charge in [-0.05, 0) is 24.8 Å². The minimum Gasteiger partial charge on any atom is -0.314 e. The van der Waals surface area contributed by atoms with Gasteiger partial charge in [0.1, 0.15) is 11.6 Å². The highest BCUT2D eigenvalue weighted by Crippen LogP contribution is 2.10. The Hall–Kier alpha value is -1.35. The SMILES string of the molecule is CCCn1c(CCl)nnc1CCCc1ccccc1. The first-order valence-electron chi connectivity index (χ1n) is 6.86. The van der Waals surface area contributed by atoms with Gasteiger partial charge in [0.05, 0.1) is 5.88 Å². The van der Waals surface area contributed by atoms with Gasteiger partial charge in [0.15, 0.2) is 0 Å². The quantitative estimate of drug-likeness (QED) is 0.724. The maximum Gasteiger partial charge on any atom is 0.147 e. The molecule has 0 saturated carbocycles. The molecule has 4 heteroatoms. The second-order valence-electron chi connectivity index (χ2n) is 4.66. The van der Waals surface area contributed by atoms with Crippen LogP contribution in [0.2, 0.25) is 0 Å². The zero-order valence-electron chi connectivity index (χ0n) is 11.3. The van der Waals surface area contributed by atoms with Crippen LogP contribution in [0.15, 0.2) is 30.3 Å². The topological polar surface area (TPSA) is 30.7 Å². The Morgan fingerprint density at radius 3 is 2.47 bits per heavy atom. The van der Waals surface area contributed by atoms with E-state index in [2.05, 4.69) is 46.0 Å². The predicted molar refractivity (Wildman–Crippen MR) is 78.3 cm³/mol. The number of alkyl halides is 1. The van der Waals surface area contributed by atoms with Crippen molar-refractivity contribution >= 4 is 11.6 Å². The second-order valence-corrected chi connectivity index (χ2v) is 4.92. The van der Waals surface area contributed by atoms with Crippen LogP contribution < -0.4 is 0 Å². The van der Waals surface area contributed by atoms with Crippen molar-refractivity contribution in [1.82, 2.24) is 14.8 Å². The largest absolute Gasteiger partial charge is 0.314 e.